The van der Waals surface area contributed by atoms with Crippen molar-refractivity contribution in [3.8, 4) is 10.8 Å². The van der Waals surface area contributed by atoms with Crippen LogP contribution in [0.4, 0.5) is 0 Å². The molecule has 0 bridgehead atoms. The van der Waals surface area contributed by atoms with E-state index in [1.807, 2.05) is 31.4 Å². The Balaban J connectivity index is 1.56. The van der Waals surface area contributed by atoms with E-state index in [-0.39, 0.29) is 5.56 Å². The van der Waals surface area contributed by atoms with Crippen molar-refractivity contribution in [2.75, 3.05) is 6.54 Å². The maximum absolute atomic E-state index is 12.2. The number of aryl methyl sites for hydroxylation is 2. The van der Waals surface area contributed by atoms with Gasteiger partial charge in [-0.05, 0) is 25.3 Å². The average Bonchev–Trinajstić information content (AvgIpc) is 3.18. The van der Waals surface area contributed by atoms with E-state index in [0.29, 0.717) is 24.8 Å². The molecule has 24 heavy (non-hydrogen) atoms. The fraction of sp³-hybridized carbons (Fsp3) is 0.353. The van der Waals surface area contributed by atoms with E-state index in [9.17, 15) is 4.79 Å². The molecular formula is C17H18N4O2S. The molecule has 7 heteroatoms. The van der Waals surface area contributed by atoms with Crippen LogP contribution in [0, 0.1) is 13.8 Å². The molecule has 124 valence electrons. The highest BCUT2D eigenvalue weighted by atomic mass is 32.1. The third kappa shape index (κ3) is 2.81. The van der Waals surface area contributed by atoms with Crippen LogP contribution in [0.15, 0.2) is 26.7 Å². The molecule has 3 aromatic rings. The van der Waals surface area contributed by atoms with E-state index >= 15 is 0 Å². The molecule has 1 aliphatic rings. The molecule has 4 heterocycles. The Morgan fingerprint density at radius 2 is 2.25 bits per heavy atom. The number of fused-ring (bicyclic) bond motifs is 1. The van der Waals surface area contributed by atoms with E-state index < -0.39 is 0 Å². The Hall–Kier alpha value is -2.25. The third-order valence-electron chi connectivity index (χ3n) is 4.26. The molecule has 0 radical (unpaired) electrons. The predicted octanol–water partition coefficient (Wildman–Crippen LogP) is 2.66. The topological polar surface area (TPSA) is 75.0 Å². The lowest BCUT2D eigenvalue weighted by Crippen LogP contribution is -2.35. The molecule has 0 aliphatic carbocycles. The molecule has 6 nitrogen and oxygen atoms in total. The van der Waals surface area contributed by atoms with Gasteiger partial charge in [-0.1, -0.05) is 6.07 Å². The molecule has 3 aromatic heterocycles. The van der Waals surface area contributed by atoms with E-state index in [1.165, 1.54) is 0 Å². The van der Waals surface area contributed by atoms with Crippen LogP contribution >= 0.6 is 11.3 Å². The minimum Gasteiger partial charge on any atom is -0.440 e. The summed E-state index contributed by atoms with van der Waals surface area (Å²) in [5, 5.41) is 2.01. The molecule has 0 saturated carbocycles. The van der Waals surface area contributed by atoms with Gasteiger partial charge in [0.25, 0.3) is 5.56 Å². The number of rotatable bonds is 3. The van der Waals surface area contributed by atoms with Crippen LogP contribution in [0.3, 0.4) is 0 Å². The Bertz CT molecular complexity index is 927. The highest BCUT2D eigenvalue weighted by Gasteiger charge is 2.23. The van der Waals surface area contributed by atoms with Crippen LogP contribution in [0.5, 0.6) is 0 Å². The molecule has 0 unspecified atom stereocenters. The van der Waals surface area contributed by atoms with E-state index in [1.54, 1.807) is 11.3 Å². The maximum Gasteiger partial charge on any atom is 0.255 e. The quantitative estimate of drug-likeness (QED) is 0.792. The Kier molecular flexibility index (Phi) is 3.82. The standard InChI is InChI=1S/C17H18N4O2S/c1-10-14(20-17(23-10)15-4-3-7-24-15)9-21-6-5-13-12(8-21)16(22)19-11(2)18-13/h3-4,7H,5-6,8-9H2,1-2H3,(H,18,19,22). The SMILES string of the molecule is Cc1nc2c(c(=O)[nH]1)CN(Cc1nc(-c3cccs3)oc1C)CC2. The van der Waals surface area contributed by atoms with Crippen molar-refractivity contribution in [2.24, 2.45) is 0 Å². The minimum atomic E-state index is -0.0293. The zero-order valence-corrected chi connectivity index (χ0v) is 14.4. The van der Waals surface area contributed by atoms with Crippen molar-refractivity contribution in [1.82, 2.24) is 19.9 Å². The van der Waals surface area contributed by atoms with Gasteiger partial charge in [0.2, 0.25) is 5.89 Å². The van der Waals surface area contributed by atoms with Gasteiger partial charge in [0.05, 0.1) is 21.8 Å². The monoisotopic (exact) mass is 342 g/mol. The summed E-state index contributed by atoms with van der Waals surface area (Å²) in [6.07, 6.45) is 0.786. The molecule has 0 fully saturated rings. The molecule has 0 atom stereocenters. The van der Waals surface area contributed by atoms with Gasteiger partial charge in [0.1, 0.15) is 11.6 Å². The van der Waals surface area contributed by atoms with E-state index in [0.717, 1.165) is 40.6 Å². The maximum atomic E-state index is 12.2. The molecule has 0 saturated heterocycles. The smallest absolute Gasteiger partial charge is 0.255 e. The van der Waals surface area contributed by atoms with E-state index in [2.05, 4.69) is 19.9 Å². The first-order valence-electron chi connectivity index (χ1n) is 7.91. The zero-order valence-electron chi connectivity index (χ0n) is 13.6. The highest BCUT2D eigenvalue weighted by molar-refractivity contribution is 7.13. The summed E-state index contributed by atoms with van der Waals surface area (Å²) >= 11 is 1.61. The number of hydrogen-bond acceptors (Lipinski definition) is 6. The Labute approximate surface area is 143 Å². The average molecular weight is 342 g/mol. The van der Waals surface area contributed by atoms with Crippen molar-refractivity contribution in [2.45, 2.75) is 33.4 Å². The van der Waals surface area contributed by atoms with Gasteiger partial charge in [-0.15, -0.1) is 11.3 Å². The lowest BCUT2D eigenvalue weighted by molar-refractivity contribution is 0.238. The second-order valence-electron chi connectivity index (χ2n) is 6.04. The number of nitrogens with zero attached hydrogens (tertiary/aromatic N) is 3. The number of aromatic amines is 1. The van der Waals surface area contributed by atoms with Crippen LogP contribution < -0.4 is 5.56 Å². The molecule has 0 amide bonds. The van der Waals surface area contributed by atoms with Gasteiger partial charge in [-0.3, -0.25) is 9.69 Å². The van der Waals surface area contributed by atoms with Crippen molar-refractivity contribution >= 4 is 11.3 Å². The molecule has 1 N–H and O–H groups in total. The first-order chi connectivity index (χ1) is 11.6. The van der Waals surface area contributed by atoms with Crippen molar-refractivity contribution in [1.29, 1.82) is 0 Å². The summed E-state index contributed by atoms with van der Waals surface area (Å²) in [5.41, 5.74) is 2.59. The number of thiophene rings is 1. The molecular weight excluding hydrogens is 324 g/mol. The Morgan fingerprint density at radius 3 is 3.04 bits per heavy atom. The molecule has 4 rings (SSSR count). The van der Waals surface area contributed by atoms with Gasteiger partial charge in [0.15, 0.2) is 0 Å². The first kappa shape index (κ1) is 15.3. The number of H-pyrrole nitrogens is 1. The summed E-state index contributed by atoms with van der Waals surface area (Å²) in [4.78, 5) is 27.3. The van der Waals surface area contributed by atoms with Crippen LogP contribution in [0.2, 0.25) is 0 Å². The highest BCUT2D eigenvalue weighted by Crippen LogP contribution is 2.27. The number of oxazole rings is 1. The fourth-order valence-electron chi connectivity index (χ4n) is 3.03. The normalized spacial score (nSPS) is 14.8. The first-order valence-corrected chi connectivity index (χ1v) is 8.79. The third-order valence-corrected chi connectivity index (χ3v) is 5.12. The van der Waals surface area contributed by atoms with Crippen molar-refractivity contribution < 1.29 is 4.42 Å². The molecule has 1 aliphatic heterocycles. The Morgan fingerprint density at radius 1 is 1.38 bits per heavy atom. The van der Waals surface area contributed by atoms with Crippen molar-refractivity contribution in [3.63, 3.8) is 0 Å². The second kappa shape index (κ2) is 5.99. The predicted molar refractivity (Wildman–Crippen MR) is 92.0 cm³/mol. The van der Waals surface area contributed by atoms with Gasteiger partial charge in [-0.2, -0.15) is 0 Å². The second-order valence-corrected chi connectivity index (χ2v) is 6.98. The largest absolute Gasteiger partial charge is 0.440 e. The van der Waals surface area contributed by atoms with E-state index in [4.69, 9.17) is 4.42 Å². The minimum absolute atomic E-state index is 0.0293. The van der Waals surface area contributed by atoms with Gasteiger partial charge < -0.3 is 9.40 Å². The lowest BCUT2D eigenvalue weighted by Gasteiger charge is -2.26. The number of nitrogens with one attached hydrogen (secondary N) is 1. The summed E-state index contributed by atoms with van der Waals surface area (Å²) in [7, 11) is 0. The fourth-order valence-corrected chi connectivity index (χ4v) is 3.68. The lowest BCUT2D eigenvalue weighted by atomic mass is 10.1. The van der Waals surface area contributed by atoms with Crippen molar-refractivity contribution in [3.05, 3.63) is 56.4 Å². The summed E-state index contributed by atoms with van der Waals surface area (Å²) < 4.78 is 5.80. The van der Waals surface area contributed by atoms with Gasteiger partial charge >= 0.3 is 0 Å². The van der Waals surface area contributed by atoms with Crippen LogP contribution in [-0.4, -0.2) is 26.4 Å². The summed E-state index contributed by atoms with van der Waals surface area (Å²) in [6, 6.07) is 3.99. The van der Waals surface area contributed by atoms with Crippen LogP contribution in [0.1, 0.15) is 28.5 Å². The molecule has 0 spiro atoms. The number of aromatic nitrogens is 3. The number of hydrogen-bond donors (Lipinski definition) is 1. The zero-order chi connectivity index (χ0) is 16.7. The van der Waals surface area contributed by atoms with Crippen LogP contribution in [-0.2, 0) is 19.5 Å². The van der Waals surface area contributed by atoms with Crippen LogP contribution in [0.25, 0.3) is 10.8 Å². The summed E-state index contributed by atoms with van der Waals surface area (Å²) in [6.45, 7) is 5.89. The van der Waals surface area contributed by atoms with Gasteiger partial charge in [0, 0.05) is 26.1 Å². The molecule has 0 aromatic carbocycles. The van der Waals surface area contributed by atoms with Gasteiger partial charge in [-0.25, -0.2) is 9.97 Å². The summed E-state index contributed by atoms with van der Waals surface area (Å²) in [5.74, 6) is 2.19.